The first-order valence-corrected chi connectivity index (χ1v) is 10.1. The van der Waals surface area contributed by atoms with E-state index in [1.165, 1.54) is 0 Å². The molecule has 0 spiro atoms. The van der Waals surface area contributed by atoms with Crippen molar-refractivity contribution in [3.8, 4) is 23.0 Å². The Hall–Kier alpha value is -3.13. The summed E-state index contributed by atoms with van der Waals surface area (Å²) in [6.45, 7) is 2.54. The van der Waals surface area contributed by atoms with Crippen LogP contribution in [0.25, 0.3) is 0 Å². The smallest absolute Gasteiger partial charge is 0.203 e. The molecule has 31 heavy (non-hydrogen) atoms. The van der Waals surface area contributed by atoms with Crippen LogP contribution in [0.4, 0.5) is 0 Å². The maximum absolute atomic E-state index is 5.73. The van der Waals surface area contributed by atoms with Gasteiger partial charge in [0.2, 0.25) is 5.75 Å². The summed E-state index contributed by atoms with van der Waals surface area (Å²) in [7, 11) is 8.19. The van der Waals surface area contributed by atoms with Crippen LogP contribution in [-0.2, 0) is 17.9 Å². The van der Waals surface area contributed by atoms with Gasteiger partial charge in [-0.15, -0.1) is 0 Å². The van der Waals surface area contributed by atoms with Gasteiger partial charge in [-0.05, 0) is 41.8 Å². The second-order valence-electron chi connectivity index (χ2n) is 6.64. The molecule has 0 unspecified atom stereocenters. The fourth-order valence-electron chi connectivity index (χ4n) is 2.94. The van der Waals surface area contributed by atoms with Crippen molar-refractivity contribution in [2.45, 2.75) is 19.6 Å². The van der Waals surface area contributed by atoms with Crippen molar-refractivity contribution in [1.82, 2.24) is 10.6 Å². The van der Waals surface area contributed by atoms with Crippen LogP contribution in [-0.4, -0.2) is 54.6 Å². The number of hydrogen-bond donors (Lipinski definition) is 2. The Labute approximate surface area is 184 Å². The Morgan fingerprint density at radius 2 is 1.52 bits per heavy atom. The van der Waals surface area contributed by atoms with Gasteiger partial charge in [-0.3, -0.25) is 4.99 Å². The Morgan fingerprint density at radius 1 is 0.839 bits per heavy atom. The molecule has 2 aromatic carbocycles. The van der Waals surface area contributed by atoms with Gasteiger partial charge >= 0.3 is 0 Å². The molecular formula is C23H33N3O5. The summed E-state index contributed by atoms with van der Waals surface area (Å²) in [6, 6.07) is 11.7. The van der Waals surface area contributed by atoms with Crippen molar-refractivity contribution in [3.63, 3.8) is 0 Å². The first-order valence-electron chi connectivity index (χ1n) is 10.1. The summed E-state index contributed by atoms with van der Waals surface area (Å²) >= 11 is 0. The van der Waals surface area contributed by atoms with Crippen molar-refractivity contribution in [2.75, 3.05) is 48.6 Å². The van der Waals surface area contributed by atoms with E-state index in [0.29, 0.717) is 43.0 Å². The number of methoxy groups -OCH3 is 4. The van der Waals surface area contributed by atoms with Crippen LogP contribution in [0.2, 0.25) is 0 Å². The quantitative estimate of drug-likeness (QED) is 0.304. The molecule has 0 bridgehead atoms. The van der Waals surface area contributed by atoms with Crippen molar-refractivity contribution in [1.29, 1.82) is 0 Å². The molecule has 0 saturated heterocycles. The number of benzene rings is 2. The molecule has 8 heteroatoms. The van der Waals surface area contributed by atoms with Crippen LogP contribution in [0.15, 0.2) is 41.4 Å². The van der Waals surface area contributed by atoms with Crippen molar-refractivity contribution in [3.05, 3.63) is 47.5 Å². The average Bonchev–Trinajstić information content (AvgIpc) is 2.82. The molecule has 2 aromatic rings. The second-order valence-corrected chi connectivity index (χ2v) is 6.64. The maximum atomic E-state index is 5.73. The Bertz CT molecular complexity index is 799. The van der Waals surface area contributed by atoms with Crippen LogP contribution in [0.5, 0.6) is 23.0 Å². The van der Waals surface area contributed by atoms with E-state index in [1.807, 2.05) is 36.4 Å². The zero-order valence-electron chi connectivity index (χ0n) is 19.0. The van der Waals surface area contributed by atoms with Crippen LogP contribution < -0.4 is 29.6 Å². The van der Waals surface area contributed by atoms with Crippen molar-refractivity contribution < 1.29 is 23.7 Å². The highest BCUT2D eigenvalue weighted by Crippen LogP contribution is 2.38. The third-order valence-electron chi connectivity index (χ3n) is 4.59. The zero-order valence-corrected chi connectivity index (χ0v) is 19.0. The molecule has 0 amide bonds. The molecule has 0 aliphatic rings. The summed E-state index contributed by atoms with van der Waals surface area (Å²) in [4.78, 5) is 4.26. The summed E-state index contributed by atoms with van der Waals surface area (Å²) in [5.74, 6) is 3.37. The number of rotatable bonds is 12. The molecule has 0 aromatic heterocycles. The van der Waals surface area contributed by atoms with E-state index in [1.54, 1.807) is 35.5 Å². The van der Waals surface area contributed by atoms with Gasteiger partial charge in [-0.2, -0.15) is 0 Å². The third kappa shape index (κ3) is 7.57. The van der Waals surface area contributed by atoms with Crippen molar-refractivity contribution in [2.24, 2.45) is 4.99 Å². The van der Waals surface area contributed by atoms with Crippen LogP contribution in [0, 0.1) is 0 Å². The maximum Gasteiger partial charge on any atom is 0.203 e. The minimum Gasteiger partial charge on any atom is -0.497 e. The molecule has 0 aliphatic heterocycles. The fraction of sp³-hybridized carbons (Fsp3) is 0.435. The molecule has 0 radical (unpaired) electrons. The molecule has 0 aliphatic carbocycles. The molecule has 8 nitrogen and oxygen atoms in total. The van der Waals surface area contributed by atoms with Gasteiger partial charge < -0.3 is 34.3 Å². The van der Waals surface area contributed by atoms with E-state index >= 15 is 0 Å². The van der Waals surface area contributed by atoms with Crippen molar-refractivity contribution >= 4 is 5.96 Å². The lowest BCUT2D eigenvalue weighted by Gasteiger charge is -2.16. The number of ether oxygens (including phenoxy) is 5. The summed E-state index contributed by atoms with van der Waals surface area (Å²) in [5, 5.41) is 6.58. The van der Waals surface area contributed by atoms with Crippen LogP contribution in [0.3, 0.4) is 0 Å². The van der Waals surface area contributed by atoms with Crippen LogP contribution >= 0.6 is 0 Å². The minimum absolute atomic E-state index is 0.560. The predicted molar refractivity (Wildman–Crippen MR) is 122 cm³/mol. The van der Waals surface area contributed by atoms with E-state index in [-0.39, 0.29) is 0 Å². The molecule has 2 rings (SSSR count). The highest BCUT2D eigenvalue weighted by molar-refractivity contribution is 5.79. The second kappa shape index (κ2) is 13.2. The molecule has 0 atom stereocenters. The highest BCUT2D eigenvalue weighted by Gasteiger charge is 2.13. The van der Waals surface area contributed by atoms with Crippen LogP contribution in [0.1, 0.15) is 17.5 Å². The summed E-state index contributed by atoms with van der Waals surface area (Å²) in [6.07, 6.45) is 0.862. The zero-order chi connectivity index (χ0) is 22.5. The highest BCUT2D eigenvalue weighted by atomic mass is 16.5. The molecule has 2 N–H and O–H groups in total. The lowest BCUT2D eigenvalue weighted by atomic mass is 10.2. The lowest BCUT2D eigenvalue weighted by Crippen LogP contribution is -2.37. The van der Waals surface area contributed by atoms with E-state index in [2.05, 4.69) is 15.6 Å². The molecule has 170 valence electrons. The van der Waals surface area contributed by atoms with Gasteiger partial charge in [0.15, 0.2) is 17.5 Å². The first-order chi connectivity index (χ1) is 15.1. The van der Waals surface area contributed by atoms with Gasteiger partial charge in [0.1, 0.15) is 5.75 Å². The number of nitrogens with one attached hydrogen (secondary N) is 2. The Kier molecular flexibility index (Phi) is 10.3. The number of nitrogens with zero attached hydrogens (tertiary/aromatic N) is 1. The summed E-state index contributed by atoms with van der Waals surface area (Å²) < 4.78 is 27.0. The average molecular weight is 432 g/mol. The van der Waals surface area contributed by atoms with Gasteiger partial charge in [-0.1, -0.05) is 12.1 Å². The Morgan fingerprint density at radius 3 is 2.06 bits per heavy atom. The number of guanidine groups is 1. The van der Waals surface area contributed by atoms with Gasteiger partial charge in [0.25, 0.3) is 0 Å². The fourth-order valence-corrected chi connectivity index (χ4v) is 2.94. The lowest BCUT2D eigenvalue weighted by molar-refractivity contribution is 0.119. The molecule has 0 fully saturated rings. The molecular weight excluding hydrogens is 398 g/mol. The van der Waals surface area contributed by atoms with Gasteiger partial charge in [0.05, 0.1) is 35.0 Å². The monoisotopic (exact) mass is 431 g/mol. The minimum atomic E-state index is 0.560. The van der Waals surface area contributed by atoms with Gasteiger partial charge in [0, 0.05) is 26.7 Å². The standard InChI is InChI=1S/C23H33N3O5/c1-24-23(25-11-6-12-31-16-17-7-9-19(27-2)10-8-17)26-15-18-13-20(28-3)22(30-5)21(14-18)29-4/h7-10,13-14H,6,11-12,15-16H2,1-5H3,(H2,24,25,26). The largest absolute Gasteiger partial charge is 0.497 e. The van der Waals surface area contributed by atoms with Gasteiger partial charge in [-0.25, -0.2) is 0 Å². The Balaban J connectivity index is 1.72. The molecule has 0 saturated carbocycles. The topological polar surface area (TPSA) is 82.6 Å². The third-order valence-corrected chi connectivity index (χ3v) is 4.59. The normalized spacial score (nSPS) is 11.1. The number of hydrogen-bond acceptors (Lipinski definition) is 6. The molecule has 0 heterocycles. The number of aliphatic imine (C=N–C) groups is 1. The first kappa shape index (κ1) is 24.1. The SMILES string of the molecule is CN=C(NCCCOCc1ccc(OC)cc1)NCc1cc(OC)c(OC)c(OC)c1. The summed E-state index contributed by atoms with van der Waals surface area (Å²) in [5.41, 5.74) is 2.11. The van der Waals surface area contributed by atoms with E-state index in [0.717, 1.165) is 29.8 Å². The van der Waals surface area contributed by atoms with E-state index in [9.17, 15) is 0 Å². The predicted octanol–water partition coefficient (Wildman–Crippen LogP) is 2.99. The van der Waals surface area contributed by atoms with E-state index < -0.39 is 0 Å². The van der Waals surface area contributed by atoms with E-state index in [4.69, 9.17) is 23.7 Å².